The fourth-order valence-electron chi connectivity index (χ4n) is 5.07. The SMILES string of the molecule is CC(C)(C)N.CC[C@H](C)C(=O)O[C@H]1C[C@@H](C)C=C2C=C[C@H](C)[C@H](CC[C@@H]3C[C@@H](O)CC(=O)O3)C21. The monoisotopic (exact) mass is 477 g/mol. The number of hydrogen-bond donors (Lipinski definition) is 2. The van der Waals surface area contributed by atoms with Gasteiger partial charge in [-0.2, -0.15) is 0 Å². The van der Waals surface area contributed by atoms with Crippen LogP contribution >= 0.6 is 0 Å². The summed E-state index contributed by atoms with van der Waals surface area (Å²) in [6.07, 6.45) is 9.70. The summed E-state index contributed by atoms with van der Waals surface area (Å²) in [5.41, 5.74) is 6.63. The number of esters is 2. The molecular weight excluding hydrogens is 430 g/mol. The summed E-state index contributed by atoms with van der Waals surface area (Å²) in [7, 11) is 0. The Morgan fingerprint density at radius 2 is 1.91 bits per heavy atom. The number of aliphatic hydroxyl groups excluding tert-OH is 1. The van der Waals surface area contributed by atoms with E-state index in [0.717, 1.165) is 25.7 Å². The van der Waals surface area contributed by atoms with Gasteiger partial charge >= 0.3 is 11.9 Å². The lowest BCUT2D eigenvalue weighted by Gasteiger charge is -2.43. The van der Waals surface area contributed by atoms with Gasteiger partial charge in [0.05, 0.1) is 18.4 Å². The van der Waals surface area contributed by atoms with Gasteiger partial charge in [0, 0.05) is 17.9 Å². The number of carbonyl (C=O) groups excluding carboxylic acids is 2. The first-order chi connectivity index (χ1) is 15.8. The van der Waals surface area contributed by atoms with Crippen LogP contribution in [0.1, 0.15) is 87.0 Å². The summed E-state index contributed by atoms with van der Waals surface area (Å²) in [6, 6.07) is 0. The third-order valence-electron chi connectivity index (χ3n) is 6.93. The minimum Gasteiger partial charge on any atom is -0.462 e. The lowest BCUT2D eigenvalue weighted by Crippen LogP contribution is -2.42. The summed E-state index contributed by atoms with van der Waals surface area (Å²) in [6.45, 7) is 14.2. The van der Waals surface area contributed by atoms with Crippen LogP contribution in [-0.4, -0.2) is 40.9 Å². The normalized spacial score (nSPS) is 34.1. The van der Waals surface area contributed by atoms with Crippen molar-refractivity contribution in [3.05, 3.63) is 23.8 Å². The Morgan fingerprint density at radius 3 is 2.50 bits per heavy atom. The third kappa shape index (κ3) is 8.84. The predicted octanol–water partition coefficient (Wildman–Crippen LogP) is 4.94. The molecule has 3 N–H and O–H groups in total. The van der Waals surface area contributed by atoms with Crippen molar-refractivity contribution < 1.29 is 24.2 Å². The summed E-state index contributed by atoms with van der Waals surface area (Å²) in [5, 5.41) is 9.89. The second-order valence-corrected chi connectivity index (χ2v) is 11.7. The maximum absolute atomic E-state index is 12.5. The Kier molecular flexibility index (Phi) is 10.4. The van der Waals surface area contributed by atoms with E-state index in [0.29, 0.717) is 24.2 Å². The molecule has 2 aliphatic carbocycles. The standard InChI is InChI=1S/C24H36O5.C4H11N/c1-5-15(3)24(27)29-21-11-14(2)10-17-7-6-16(4)20(23(17)21)9-8-19-12-18(25)13-22(26)28-19;1-4(2,3)5/h6-7,10,14-16,18-21,23,25H,5,8-9,11-13H2,1-4H3;5H2,1-3H3/t14-,15-,16-,18+,19+,20-,21-,23?;/m0./s1. The van der Waals surface area contributed by atoms with E-state index in [2.05, 4.69) is 32.1 Å². The molecule has 6 heteroatoms. The topological polar surface area (TPSA) is 98.9 Å². The van der Waals surface area contributed by atoms with Gasteiger partial charge in [-0.25, -0.2) is 0 Å². The lowest BCUT2D eigenvalue weighted by atomic mass is 9.65. The molecular formula is C28H47NO5. The highest BCUT2D eigenvalue weighted by molar-refractivity contribution is 5.72. The second-order valence-electron chi connectivity index (χ2n) is 11.7. The van der Waals surface area contributed by atoms with Crippen LogP contribution in [-0.2, 0) is 19.1 Å². The van der Waals surface area contributed by atoms with E-state index in [-0.39, 0.29) is 47.9 Å². The van der Waals surface area contributed by atoms with Gasteiger partial charge < -0.3 is 20.3 Å². The van der Waals surface area contributed by atoms with Crippen LogP contribution in [0.25, 0.3) is 0 Å². The molecule has 6 nitrogen and oxygen atoms in total. The van der Waals surface area contributed by atoms with Crippen molar-refractivity contribution in [2.75, 3.05) is 0 Å². The van der Waals surface area contributed by atoms with Gasteiger partial charge in [0.25, 0.3) is 0 Å². The number of nitrogens with two attached hydrogens (primary N) is 1. The Hall–Kier alpha value is -1.66. The average molecular weight is 478 g/mol. The molecule has 1 fully saturated rings. The van der Waals surface area contributed by atoms with E-state index < -0.39 is 6.10 Å². The van der Waals surface area contributed by atoms with Crippen LogP contribution in [0.4, 0.5) is 0 Å². The molecule has 1 saturated heterocycles. The molecule has 1 heterocycles. The molecule has 0 spiro atoms. The zero-order valence-electron chi connectivity index (χ0n) is 22.3. The zero-order chi connectivity index (χ0) is 25.6. The van der Waals surface area contributed by atoms with Crippen molar-refractivity contribution in [3.63, 3.8) is 0 Å². The third-order valence-corrected chi connectivity index (χ3v) is 6.93. The molecule has 3 aliphatic rings. The van der Waals surface area contributed by atoms with E-state index in [1.165, 1.54) is 5.57 Å². The Bertz CT molecular complexity index is 746. The van der Waals surface area contributed by atoms with Gasteiger partial charge in [-0.1, -0.05) is 45.9 Å². The highest BCUT2D eigenvalue weighted by Gasteiger charge is 2.42. The quantitative estimate of drug-likeness (QED) is 0.526. The van der Waals surface area contributed by atoms with E-state index in [9.17, 15) is 14.7 Å². The number of ether oxygens (including phenoxy) is 2. The molecule has 1 aliphatic heterocycles. The molecule has 194 valence electrons. The molecule has 0 radical (unpaired) electrons. The first kappa shape index (κ1) is 28.6. The van der Waals surface area contributed by atoms with Crippen molar-refractivity contribution in [3.8, 4) is 0 Å². The number of cyclic esters (lactones) is 1. The fourth-order valence-corrected chi connectivity index (χ4v) is 5.07. The lowest BCUT2D eigenvalue weighted by molar-refractivity contribution is -0.162. The molecule has 0 aromatic heterocycles. The van der Waals surface area contributed by atoms with E-state index in [1.54, 1.807) is 0 Å². The van der Waals surface area contributed by atoms with E-state index >= 15 is 0 Å². The van der Waals surface area contributed by atoms with Crippen LogP contribution in [0.3, 0.4) is 0 Å². The fraction of sp³-hybridized carbons (Fsp3) is 0.786. The smallest absolute Gasteiger partial charge is 0.308 e. The van der Waals surface area contributed by atoms with Gasteiger partial charge in [-0.05, 0) is 69.8 Å². The summed E-state index contributed by atoms with van der Waals surface area (Å²) >= 11 is 0. The summed E-state index contributed by atoms with van der Waals surface area (Å²) in [5.74, 6) is 0.755. The Balaban J connectivity index is 0.000000739. The number of fused-ring (bicyclic) bond motifs is 1. The van der Waals surface area contributed by atoms with Crippen LogP contribution in [0.15, 0.2) is 23.8 Å². The maximum Gasteiger partial charge on any atom is 0.308 e. The molecule has 1 unspecified atom stereocenters. The van der Waals surface area contributed by atoms with E-state index in [4.69, 9.17) is 15.2 Å². The minimum atomic E-state index is -0.597. The van der Waals surface area contributed by atoms with Crippen molar-refractivity contribution in [2.45, 2.75) is 111 Å². The van der Waals surface area contributed by atoms with Gasteiger partial charge in [-0.15, -0.1) is 0 Å². The molecule has 0 amide bonds. The molecule has 0 aromatic carbocycles. The number of rotatable bonds is 6. The molecule has 3 rings (SSSR count). The first-order valence-electron chi connectivity index (χ1n) is 13.0. The highest BCUT2D eigenvalue weighted by atomic mass is 16.5. The van der Waals surface area contributed by atoms with Crippen LogP contribution in [0.2, 0.25) is 0 Å². The maximum atomic E-state index is 12.5. The molecule has 0 bridgehead atoms. The average Bonchev–Trinajstić information content (AvgIpc) is 2.70. The van der Waals surface area contributed by atoms with E-state index in [1.807, 2.05) is 34.6 Å². The predicted molar refractivity (Wildman–Crippen MR) is 135 cm³/mol. The highest BCUT2D eigenvalue weighted by Crippen LogP contribution is 2.45. The van der Waals surface area contributed by atoms with Gasteiger partial charge in [0.2, 0.25) is 0 Å². The van der Waals surface area contributed by atoms with Crippen LogP contribution in [0.5, 0.6) is 0 Å². The Morgan fingerprint density at radius 1 is 1.26 bits per heavy atom. The Labute approximate surface area is 206 Å². The molecule has 34 heavy (non-hydrogen) atoms. The number of aliphatic hydroxyl groups is 1. The van der Waals surface area contributed by atoms with Crippen molar-refractivity contribution >= 4 is 11.9 Å². The first-order valence-corrected chi connectivity index (χ1v) is 13.0. The van der Waals surface area contributed by atoms with Gasteiger partial charge in [-0.3, -0.25) is 9.59 Å². The van der Waals surface area contributed by atoms with Gasteiger partial charge in [0.1, 0.15) is 12.2 Å². The molecule has 0 aromatic rings. The minimum absolute atomic E-state index is 0. The zero-order valence-corrected chi connectivity index (χ0v) is 22.3. The van der Waals surface area contributed by atoms with Crippen LogP contribution < -0.4 is 5.73 Å². The summed E-state index contributed by atoms with van der Waals surface area (Å²) in [4.78, 5) is 24.2. The second kappa shape index (κ2) is 12.3. The number of hydrogen-bond acceptors (Lipinski definition) is 6. The molecule has 8 atom stereocenters. The largest absolute Gasteiger partial charge is 0.462 e. The number of allylic oxidation sites excluding steroid dienone is 3. The van der Waals surface area contributed by atoms with Crippen molar-refractivity contribution in [1.29, 1.82) is 0 Å². The molecule has 0 saturated carbocycles. The van der Waals surface area contributed by atoms with Crippen molar-refractivity contribution in [2.24, 2.45) is 35.3 Å². The number of carbonyl (C=O) groups is 2. The summed E-state index contributed by atoms with van der Waals surface area (Å²) < 4.78 is 11.5. The van der Waals surface area contributed by atoms with Crippen LogP contribution in [0, 0.1) is 29.6 Å². The van der Waals surface area contributed by atoms with Crippen molar-refractivity contribution in [1.82, 2.24) is 0 Å². The van der Waals surface area contributed by atoms with Gasteiger partial charge in [0.15, 0.2) is 0 Å².